The second-order valence-corrected chi connectivity index (χ2v) is 7.36. The maximum atomic E-state index is 12.3. The van der Waals surface area contributed by atoms with Crippen LogP contribution in [0.5, 0.6) is 5.75 Å². The van der Waals surface area contributed by atoms with E-state index in [9.17, 15) is 13.2 Å². The molecule has 0 unspecified atom stereocenters. The molecule has 1 heterocycles. The van der Waals surface area contributed by atoms with Crippen molar-refractivity contribution in [3.63, 3.8) is 0 Å². The van der Waals surface area contributed by atoms with Crippen LogP contribution in [0.15, 0.2) is 23.1 Å². The molecule has 1 aliphatic rings. The number of hydrogen-bond acceptors (Lipinski definition) is 5. The molecule has 0 aromatic heterocycles. The summed E-state index contributed by atoms with van der Waals surface area (Å²) in [6, 6.07) is 3.46. The van der Waals surface area contributed by atoms with Crippen LogP contribution in [0.3, 0.4) is 0 Å². The molecule has 2 rings (SSSR count). The number of carbonyl (C=O) groups is 1. The topological polar surface area (TPSA) is 92.7 Å². The molecule has 8 heteroatoms. The molecular formula is C13H17NO5S2. The van der Waals surface area contributed by atoms with Crippen LogP contribution < -0.4 is 9.46 Å². The van der Waals surface area contributed by atoms with Gasteiger partial charge in [0.05, 0.1) is 11.5 Å². The van der Waals surface area contributed by atoms with Gasteiger partial charge in [0, 0.05) is 6.42 Å². The van der Waals surface area contributed by atoms with Crippen LogP contribution in [0, 0.1) is 0 Å². The molecular weight excluding hydrogens is 314 g/mol. The highest BCUT2D eigenvalue weighted by Crippen LogP contribution is 2.27. The smallest absolute Gasteiger partial charge is 0.321 e. The van der Waals surface area contributed by atoms with Crippen molar-refractivity contribution in [2.75, 3.05) is 18.6 Å². The fourth-order valence-corrected chi connectivity index (χ4v) is 3.80. The van der Waals surface area contributed by atoms with Crippen LogP contribution in [0.25, 0.3) is 0 Å². The summed E-state index contributed by atoms with van der Waals surface area (Å²) in [6.45, 7) is 0.539. The Kier molecular flexibility index (Phi) is 5.13. The predicted octanol–water partition coefficient (Wildman–Crippen LogP) is 1.11. The van der Waals surface area contributed by atoms with E-state index in [4.69, 9.17) is 9.84 Å². The molecule has 1 aromatic carbocycles. The number of benzene rings is 1. The average molecular weight is 331 g/mol. The first-order valence-electron chi connectivity index (χ1n) is 6.44. The van der Waals surface area contributed by atoms with Crippen molar-refractivity contribution in [1.82, 2.24) is 4.72 Å². The summed E-state index contributed by atoms with van der Waals surface area (Å²) in [5.74, 6) is 0.0839. The minimum atomic E-state index is -3.85. The Balaban J connectivity index is 2.18. The van der Waals surface area contributed by atoms with Crippen molar-refractivity contribution in [2.24, 2.45) is 0 Å². The van der Waals surface area contributed by atoms with Gasteiger partial charge in [0.25, 0.3) is 0 Å². The normalized spacial score (nSPS) is 15.3. The third kappa shape index (κ3) is 3.90. The molecule has 0 amide bonds. The monoisotopic (exact) mass is 331 g/mol. The van der Waals surface area contributed by atoms with Crippen molar-refractivity contribution >= 4 is 27.8 Å². The first-order valence-corrected chi connectivity index (χ1v) is 9.31. The highest BCUT2D eigenvalue weighted by molar-refractivity contribution is 7.98. The summed E-state index contributed by atoms with van der Waals surface area (Å²) in [5.41, 5.74) is 0.828. The largest absolute Gasteiger partial charge is 0.493 e. The van der Waals surface area contributed by atoms with E-state index in [2.05, 4.69) is 4.72 Å². The lowest BCUT2D eigenvalue weighted by Gasteiger charge is -2.14. The zero-order chi connectivity index (χ0) is 15.5. The van der Waals surface area contributed by atoms with E-state index in [1.807, 2.05) is 6.26 Å². The van der Waals surface area contributed by atoms with Crippen molar-refractivity contribution in [1.29, 1.82) is 0 Å². The number of rotatable bonds is 7. The van der Waals surface area contributed by atoms with E-state index in [0.29, 0.717) is 24.5 Å². The Bertz CT molecular complexity index is 629. The lowest BCUT2D eigenvalue weighted by Crippen LogP contribution is -2.41. The lowest BCUT2D eigenvalue weighted by atomic mass is 10.2. The molecule has 0 bridgehead atoms. The van der Waals surface area contributed by atoms with Crippen molar-refractivity contribution in [3.8, 4) is 5.75 Å². The first kappa shape index (κ1) is 16.1. The van der Waals surface area contributed by atoms with E-state index in [1.165, 1.54) is 23.9 Å². The van der Waals surface area contributed by atoms with Gasteiger partial charge in [-0.15, -0.1) is 0 Å². The number of fused-ring (bicyclic) bond motifs is 1. The quantitative estimate of drug-likeness (QED) is 0.777. The fraction of sp³-hybridized carbons (Fsp3) is 0.462. The van der Waals surface area contributed by atoms with E-state index in [1.54, 1.807) is 6.07 Å². The Labute approximate surface area is 127 Å². The number of sulfonamides is 1. The molecule has 6 nitrogen and oxygen atoms in total. The van der Waals surface area contributed by atoms with Gasteiger partial charge in [-0.3, -0.25) is 4.79 Å². The molecule has 0 saturated heterocycles. The molecule has 116 valence electrons. The Morgan fingerprint density at radius 3 is 2.95 bits per heavy atom. The van der Waals surface area contributed by atoms with Gasteiger partial charge >= 0.3 is 5.97 Å². The molecule has 1 atom stereocenters. The van der Waals surface area contributed by atoms with Gasteiger partial charge in [-0.2, -0.15) is 16.5 Å². The van der Waals surface area contributed by atoms with Gasteiger partial charge < -0.3 is 9.84 Å². The molecule has 21 heavy (non-hydrogen) atoms. The van der Waals surface area contributed by atoms with Gasteiger partial charge in [-0.05, 0) is 42.2 Å². The van der Waals surface area contributed by atoms with Crippen LogP contribution in [0.4, 0.5) is 0 Å². The highest BCUT2D eigenvalue weighted by atomic mass is 32.2. The molecule has 0 fully saturated rings. The van der Waals surface area contributed by atoms with Crippen LogP contribution in [0.2, 0.25) is 0 Å². The minimum Gasteiger partial charge on any atom is -0.493 e. The third-order valence-electron chi connectivity index (χ3n) is 3.18. The van der Waals surface area contributed by atoms with Gasteiger partial charge in [-0.1, -0.05) is 0 Å². The van der Waals surface area contributed by atoms with Crippen molar-refractivity contribution < 1.29 is 23.1 Å². The van der Waals surface area contributed by atoms with E-state index >= 15 is 0 Å². The van der Waals surface area contributed by atoms with Gasteiger partial charge in [-0.25, -0.2) is 8.42 Å². The molecule has 0 radical (unpaired) electrons. The van der Waals surface area contributed by atoms with E-state index < -0.39 is 22.0 Å². The van der Waals surface area contributed by atoms with Crippen LogP contribution >= 0.6 is 11.8 Å². The summed E-state index contributed by atoms with van der Waals surface area (Å²) in [5, 5.41) is 9.11. The third-order valence-corrected chi connectivity index (χ3v) is 5.29. The standard InChI is InChI=1S/C13H17NO5S2/c1-20-7-5-11(13(15)16)14-21(17,18)10-2-3-12-9(8-10)4-6-19-12/h2-3,8,11,14H,4-7H2,1H3,(H,15,16)/t11-/m1/s1. The Morgan fingerprint density at radius 2 is 2.29 bits per heavy atom. The molecule has 0 spiro atoms. The molecule has 0 aliphatic carbocycles. The summed E-state index contributed by atoms with van der Waals surface area (Å²) < 4.78 is 32.2. The number of carboxylic acids is 1. The first-order chi connectivity index (χ1) is 9.94. The Morgan fingerprint density at radius 1 is 1.52 bits per heavy atom. The zero-order valence-corrected chi connectivity index (χ0v) is 13.2. The van der Waals surface area contributed by atoms with Crippen molar-refractivity contribution in [2.45, 2.75) is 23.8 Å². The Hall–Kier alpha value is -1.25. The molecule has 1 aromatic rings. The SMILES string of the molecule is CSCC[C@@H](NS(=O)(=O)c1ccc2c(c1)CCO2)C(=O)O. The van der Waals surface area contributed by atoms with E-state index in [-0.39, 0.29) is 11.3 Å². The summed E-state index contributed by atoms with van der Waals surface area (Å²) in [4.78, 5) is 11.2. The van der Waals surface area contributed by atoms with Crippen LogP contribution in [-0.4, -0.2) is 44.2 Å². The maximum absolute atomic E-state index is 12.3. The fourth-order valence-electron chi connectivity index (χ4n) is 2.05. The summed E-state index contributed by atoms with van der Waals surface area (Å²) >= 11 is 1.47. The number of hydrogen-bond donors (Lipinski definition) is 2. The summed E-state index contributed by atoms with van der Waals surface area (Å²) in [7, 11) is -3.85. The number of thioether (sulfide) groups is 1. The maximum Gasteiger partial charge on any atom is 0.321 e. The van der Waals surface area contributed by atoms with Crippen LogP contribution in [-0.2, 0) is 21.2 Å². The number of nitrogens with one attached hydrogen (secondary N) is 1. The van der Waals surface area contributed by atoms with E-state index in [0.717, 1.165) is 5.56 Å². The van der Waals surface area contributed by atoms with Gasteiger partial charge in [0.2, 0.25) is 10.0 Å². The number of carboxylic acid groups (broad SMARTS) is 1. The lowest BCUT2D eigenvalue weighted by molar-refractivity contribution is -0.139. The molecule has 2 N–H and O–H groups in total. The molecule has 1 aliphatic heterocycles. The van der Waals surface area contributed by atoms with Crippen LogP contribution in [0.1, 0.15) is 12.0 Å². The average Bonchev–Trinajstić information content (AvgIpc) is 2.90. The summed E-state index contributed by atoms with van der Waals surface area (Å²) in [6.07, 6.45) is 2.74. The second kappa shape index (κ2) is 6.67. The zero-order valence-electron chi connectivity index (χ0n) is 11.5. The minimum absolute atomic E-state index is 0.0714. The van der Waals surface area contributed by atoms with Gasteiger partial charge in [0.1, 0.15) is 11.8 Å². The highest BCUT2D eigenvalue weighted by Gasteiger charge is 2.26. The number of aliphatic carboxylic acids is 1. The second-order valence-electron chi connectivity index (χ2n) is 4.66. The van der Waals surface area contributed by atoms with Crippen molar-refractivity contribution in [3.05, 3.63) is 23.8 Å². The van der Waals surface area contributed by atoms with Gasteiger partial charge in [0.15, 0.2) is 0 Å². The molecule has 0 saturated carbocycles. The predicted molar refractivity (Wildman–Crippen MR) is 80.4 cm³/mol. The number of ether oxygens (including phenoxy) is 1.